The van der Waals surface area contributed by atoms with Gasteiger partial charge in [0, 0.05) is 4.47 Å². The Hall–Kier alpha value is -1.33. The Kier molecular flexibility index (Phi) is 4.44. The molecule has 0 aliphatic rings. The van der Waals surface area contributed by atoms with Crippen molar-refractivity contribution in [2.45, 2.75) is 31.4 Å². The van der Waals surface area contributed by atoms with Crippen LogP contribution < -0.4 is 5.73 Å². The zero-order chi connectivity index (χ0) is 15.8. The van der Waals surface area contributed by atoms with E-state index < -0.39 is 9.84 Å². The zero-order valence-corrected chi connectivity index (χ0v) is 14.7. The van der Waals surface area contributed by atoms with Crippen LogP contribution in [0.25, 0.3) is 0 Å². The Morgan fingerprint density at radius 1 is 1.05 bits per heavy atom. The predicted molar refractivity (Wildman–Crippen MR) is 90.1 cm³/mol. The largest absolute Gasteiger partial charge is 0.398 e. The monoisotopic (exact) mass is 367 g/mol. The topological polar surface area (TPSA) is 60.2 Å². The van der Waals surface area contributed by atoms with Crippen LogP contribution in [0.1, 0.15) is 22.3 Å². The molecule has 0 unspecified atom stereocenters. The lowest BCUT2D eigenvalue weighted by Crippen LogP contribution is -2.10. The lowest BCUT2D eigenvalue weighted by molar-refractivity contribution is 0.595. The van der Waals surface area contributed by atoms with E-state index in [2.05, 4.69) is 15.9 Å². The number of hydrogen-bond acceptors (Lipinski definition) is 3. The van der Waals surface area contributed by atoms with Gasteiger partial charge in [-0.15, -0.1) is 0 Å². The molecule has 0 spiro atoms. The summed E-state index contributed by atoms with van der Waals surface area (Å²) >= 11 is 3.29. The highest BCUT2D eigenvalue weighted by molar-refractivity contribution is 9.10. The van der Waals surface area contributed by atoms with Crippen LogP contribution in [0, 0.1) is 20.8 Å². The first-order valence-corrected chi connectivity index (χ1v) is 9.00. The Morgan fingerprint density at radius 3 is 2.14 bits per heavy atom. The van der Waals surface area contributed by atoms with Crippen LogP contribution in [0.4, 0.5) is 5.69 Å². The van der Waals surface area contributed by atoms with E-state index in [0.717, 1.165) is 26.7 Å². The summed E-state index contributed by atoms with van der Waals surface area (Å²) in [6, 6.07) is 8.86. The van der Waals surface area contributed by atoms with Crippen LogP contribution in [0.2, 0.25) is 0 Å². The summed E-state index contributed by atoms with van der Waals surface area (Å²) in [6.07, 6.45) is 0. The van der Waals surface area contributed by atoms with E-state index in [4.69, 9.17) is 5.73 Å². The van der Waals surface area contributed by atoms with Gasteiger partial charge in [-0.25, -0.2) is 8.42 Å². The molecule has 21 heavy (non-hydrogen) atoms. The summed E-state index contributed by atoms with van der Waals surface area (Å²) in [5, 5.41) is 0. The number of hydrogen-bond donors (Lipinski definition) is 1. The highest BCUT2D eigenvalue weighted by Crippen LogP contribution is 2.28. The highest BCUT2D eigenvalue weighted by atomic mass is 79.9. The van der Waals surface area contributed by atoms with Gasteiger partial charge in [-0.3, -0.25) is 0 Å². The zero-order valence-electron chi connectivity index (χ0n) is 12.3. The Bertz CT molecular complexity index is 775. The number of benzene rings is 2. The van der Waals surface area contributed by atoms with E-state index in [1.165, 1.54) is 0 Å². The summed E-state index contributed by atoms with van der Waals surface area (Å²) < 4.78 is 26.0. The number of anilines is 1. The molecular weight excluding hydrogens is 350 g/mol. The molecule has 0 amide bonds. The third-order valence-electron chi connectivity index (χ3n) is 3.48. The van der Waals surface area contributed by atoms with Crippen LogP contribution >= 0.6 is 15.9 Å². The number of rotatable bonds is 3. The fraction of sp³-hybridized carbons (Fsp3) is 0.250. The van der Waals surface area contributed by atoms with Gasteiger partial charge in [-0.05, 0) is 55.7 Å². The average Bonchev–Trinajstić information content (AvgIpc) is 2.33. The molecule has 112 valence electrons. The fourth-order valence-electron chi connectivity index (χ4n) is 2.51. The van der Waals surface area contributed by atoms with Crippen LogP contribution in [-0.2, 0) is 15.6 Å². The van der Waals surface area contributed by atoms with E-state index >= 15 is 0 Å². The van der Waals surface area contributed by atoms with E-state index in [1.54, 1.807) is 18.2 Å². The van der Waals surface area contributed by atoms with Crippen LogP contribution in [0.5, 0.6) is 0 Å². The van der Waals surface area contributed by atoms with Gasteiger partial charge < -0.3 is 5.73 Å². The van der Waals surface area contributed by atoms with Crippen molar-refractivity contribution in [2.24, 2.45) is 0 Å². The standard InChI is InChI=1S/C16H18BrNO2S/c1-10-6-11(2)14(12(3)7-10)9-21(19,20)16-5-4-13(17)8-15(16)18/h4-8H,9,18H2,1-3H3. The van der Waals surface area contributed by atoms with Gasteiger partial charge in [0.05, 0.1) is 16.3 Å². The van der Waals surface area contributed by atoms with Crippen molar-refractivity contribution in [2.75, 3.05) is 5.73 Å². The SMILES string of the molecule is Cc1cc(C)c(CS(=O)(=O)c2ccc(Br)cc2N)c(C)c1. The molecule has 0 bridgehead atoms. The minimum atomic E-state index is -3.46. The lowest BCUT2D eigenvalue weighted by atomic mass is 10.0. The molecule has 0 aliphatic heterocycles. The van der Waals surface area contributed by atoms with Crippen molar-refractivity contribution in [3.05, 3.63) is 57.1 Å². The molecule has 2 rings (SSSR count). The molecule has 0 saturated carbocycles. The van der Waals surface area contributed by atoms with Crippen LogP contribution in [0.15, 0.2) is 39.7 Å². The van der Waals surface area contributed by atoms with Gasteiger partial charge in [-0.1, -0.05) is 33.6 Å². The molecule has 0 heterocycles. The first-order valence-electron chi connectivity index (χ1n) is 6.55. The van der Waals surface area contributed by atoms with Gasteiger partial charge in [0.25, 0.3) is 0 Å². The molecule has 2 aromatic carbocycles. The van der Waals surface area contributed by atoms with Gasteiger partial charge >= 0.3 is 0 Å². The van der Waals surface area contributed by atoms with E-state index in [-0.39, 0.29) is 16.3 Å². The maximum Gasteiger partial charge on any atom is 0.184 e. The number of halogens is 1. The van der Waals surface area contributed by atoms with Crippen molar-refractivity contribution in [3.63, 3.8) is 0 Å². The van der Waals surface area contributed by atoms with E-state index in [9.17, 15) is 8.42 Å². The summed E-state index contributed by atoms with van der Waals surface area (Å²) in [7, 11) is -3.46. The minimum absolute atomic E-state index is 0.0310. The highest BCUT2D eigenvalue weighted by Gasteiger charge is 2.20. The third kappa shape index (κ3) is 3.47. The summed E-state index contributed by atoms with van der Waals surface area (Å²) in [6.45, 7) is 5.89. The Morgan fingerprint density at radius 2 is 1.62 bits per heavy atom. The second-order valence-corrected chi connectivity index (χ2v) is 8.19. The van der Waals surface area contributed by atoms with E-state index in [0.29, 0.717) is 0 Å². The van der Waals surface area contributed by atoms with Crippen molar-refractivity contribution in [1.82, 2.24) is 0 Å². The second-order valence-electron chi connectivity index (χ2n) is 5.32. The maximum atomic E-state index is 12.6. The Labute approximate surface area is 134 Å². The summed E-state index contributed by atoms with van der Waals surface area (Å²) in [4.78, 5) is 0.185. The molecule has 0 saturated heterocycles. The molecular formula is C16H18BrNO2S. The second kappa shape index (κ2) is 5.81. The molecule has 2 aromatic rings. The predicted octanol–water partition coefficient (Wildman–Crippen LogP) is 3.93. The fourth-order valence-corrected chi connectivity index (χ4v) is 4.57. The molecule has 0 fully saturated rings. The first kappa shape index (κ1) is 16.0. The van der Waals surface area contributed by atoms with Crippen molar-refractivity contribution < 1.29 is 8.42 Å². The lowest BCUT2D eigenvalue weighted by Gasteiger charge is -2.13. The molecule has 0 radical (unpaired) electrons. The first-order chi connectivity index (χ1) is 9.70. The van der Waals surface area contributed by atoms with Crippen molar-refractivity contribution in [1.29, 1.82) is 0 Å². The van der Waals surface area contributed by atoms with Crippen molar-refractivity contribution >= 4 is 31.5 Å². The molecule has 0 atom stereocenters. The number of aryl methyl sites for hydroxylation is 3. The summed E-state index contributed by atoms with van der Waals surface area (Å²) in [5.74, 6) is -0.0310. The van der Waals surface area contributed by atoms with Gasteiger partial charge in [0.15, 0.2) is 9.84 Å². The normalized spacial score (nSPS) is 11.6. The number of sulfone groups is 1. The molecule has 0 aromatic heterocycles. The number of nitrogen functional groups attached to an aromatic ring is 1. The Balaban J connectivity index is 2.47. The quantitative estimate of drug-likeness (QED) is 0.835. The van der Waals surface area contributed by atoms with Crippen molar-refractivity contribution in [3.8, 4) is 0 Å². The van der Waals surface area contributed by atoms with Gasteiger partial charge in [0.1, 0.15) is 0 Å². The molecule has 0 aliphatic carbocycles. The third-order valence-corrected chi connectivity index (χ3v) is 5.69. The number of nitrogens with two attached hydrogens (primary N) is 1. The molecule has 2 N–H and O–H groups in total. The average molecular weight is 368 g/mol. The maximum absolute atomic E-state index is 12.6. The minimum Gasteiger partial charge on any atom is -0.398 e. The van der Waals surface area contributed by atoms with E-state index in [1.807, 2.05) is 32.9 Å². The van der Waals surface area contributed by atoms with Gasteiger partial charge in [0.2, 0.25) is 0 Å². The molecule has 5 heteroatoms. The summed E-state index contributed by atoms with van der Waals surface area (Å²) in [5.41, 5.74) is 10.1. The van der Waals surface area contributed by atoms with Gasteiger partial charge in [-0.2, -0.15) is 0 Å². The smallest absolute Gasteiger partial charge is 0.184 e. The molecule has 3 nitrogen and oxygen atoms in total. The van der Waals surface area contributed by atoms with Crippen LogP contribution in [-0.4, -0.2) is 8.42 Å². The van der Waals surface area contributed by atoms with Crippen LogP contribution in [0.3, 0.4) is 0 Å².